The highest BCUT2D eigenvalue weighted by Crippen LogP contribution is 2.42. The molecule has 3 nitrogen and oxygen atoms in total. The van der Waals surface area contributed by atoms with Crippen LogP contribution < -0.4 is 4.74 Å². The van der Waals surface area contributed by atoms with Gasteiger partial charge in [0.1, 0.15) is 11.3 Å². The third-order valence-corrected chi connectivity index (χ3v) is 4.60. The van der Waals surface area contributed by atoms with Crippen molar-refractivity contribution in [3.05, 3.63) is 29.3 Å². The van der Waals surface area contributed by atoms with Gasteiger partial charge in [-0.3, -0.25) is 4.90 Å². The average Bonchev–Trinajstić information content (AvgIpc) is 2.68. The maximum Gasteiger partial charge on any atom is 0.138 e. The maximum atomic E-state index is 10.0. The number of aryl methyl sites for hydroxylation is 1. The van der Waals surface area contributed by atoms with Crippen LogP contribution in [-0.4, -0.2) is 24.6 Å². The molecule has 2 aliphatic rings. The summed E-state index contributed by atoms with van der Waals surface area (Å²) < 4.78 is 5.87. The van der Waals surface area contributed by atoms with Crippen LogP contribution in [0.1, 0.15) is 43.2 Å². The minimum absolute atomic E-state index is 0.488. The summed E-state index contributed by atoms with van der Waals surface area (Å²) in [6.07, 6.45) is 5.50. The molecule has 0 saturated carbocycles. The third-order valence-electron chi connectivity index (χ3n) is 4.60. The molecule has 0 radical (unpaired) electrons. The number of nitrogens with zero attached hydrogens (tertiary/aromatic N) is 2. The lowest BCUT2D eigenvalue weighted by molar-refractivity contribution is 0.101. The quantitative estimate of drug-likeness (QED) is 0.785. The van der Waals surface area contributed by atoms with Gasteiger partial charge in [0, 0.05) is 5.56 Å². The predicted molar refractivity (Wildman–Crippen MR) is 78.6 cm³/mol. The number of fused-ring (bicyclic) bond motifs is 1. The average molecular weight is 270 g/mol. The van der Waals surface area contributed by atoms with Crippen molar-refractivity contribution in [3.63, 3.8) is 0 Å². The highest BCUT2D eigenvalue weighted by molar-refractivity contribution is 5.46. The molecule has 1 aromatic rings. The molecule has 1 unspecified atom stereocenters. The van der Waals surface area contributed by atoms with Gasteiger partial charge in [0.05, 0.1) is 12.7 Å². The number of likely N-dealkylation sites (tertiary alicyclic amines) is 1. The summed E-state index contributed by atoms with van der Waals surface area (Å²) in [5.74, 6) is 0.903. The number of hydrogen-bond acceptors (Lipinski definition) is 3. The molecule has 0 N–H and O–H groups in total. The van der Waals surface area contributed by atoms with E-state index in [4.69, 9.17) is 4.74 Å². The van der Waals surface area contributed by atoms with E-state index in [1.54, 1.807) is 0 Å². The molecule has 0 spiro atoms. The molecule has 0 aromatic heterocycles. The Balaban J connectivity index is 2.10. The fourth-order valence-corrected chi connectivity index (χ4v) is 3.53. The van der Waals surface area contributed by atoms with Crippen molar-refractivity contribution in [2.75, 3.05) is 19.7 Å². The van der Waals surface area contributed by atoms with Crippen LogP contribution in [0.3, 0.4) is 0 Å². The third kappa shape index (κ3) is 2.19. The van der Waals surface area contributed by atoms with Gasteiger partial charge in [-0.25, -0.2) is 0 Å². The Morgan fingerprint density at radius 3 is 2.75 bits per heavy atom. The highest BCUT2D eigenvalue weighted by atomic mass is 16.5. The second-order valence-corrected chi connectivity index (χ2v) is 5.97. The van der Waals surface area contributed by atoms with Gasteiger partial charge in [0.15, 0.2) is 0 Å². The summed E-state index contributed by atoms with van der Waals surface area (Å²) in [6, 6.07) is 8.91. The molecule has 1 saturated heterocycles. The Morgan fingerprint density at radius 2 is 2.00 bits per heavy atom. The number of ether oxygens (including phenoxy) is 1. The summed E-state index contributed by atoms with van der Waals surface area (Å²) in [7, 11) is 0. The zero-order valence-corrected chi connectivity index (χ0v) is 12.2. The molecule has 20 heavy (non-hydrogen) atoms. The normalized spacial score (nSPS) is 27.0. The molecular weight excluding hydrogens is 248 g/mol. The van der Waals surface area contributed by atoms with Crippen LogP contribution in [0.15, 0.2) is 18.2 Å². The maximum absolute atomic E-state index is 10.0. The first kappa shape index (κ1) is 13.5. The fraction of sp³-hybridized carbons (Fsp3) is 0.588. The molecular formula is C17H22N2O. The van der Waals surface area contributed by atoms with Gasteiger partial charge in [0.2, 0.25) is 0 Å². The molecule has 3 heteroatoms. The molecule has 3 rings (SSSR count). The fourth-order valence-electron chi connectivity index (χ4n) is 3.53. The first-order chi connectivity index (χ1) is 9.76. The smallest absolute Gasteiger partial charge is 0.138 e. The van der Waals surface area contributed by atoms with Crippen LogP contribution in [0, 0.1) is 18.3 Å². The van der Waals surface area contributed by atoms with Crippen molar-refractivity contribution in [2.45, 2.75) is 44.6 Å². The molecule has 1 fully saturated rings. The first-order valence-corrected chi connectivity index (χ1v) is 7.66. The van der Waals surface area contributed by atoms with Gasteiger partial charge in [-0.15, -0.1) is 0 Å². The van der Waals surface area contributed by atoms with Crippen LogP contribution >= 0.6 is 0 Å². The summed E-state index contributed by atoms with van der Waals surface area (Å²) in [4.78, 5) is 2.39. The van der Waals surface area contributed by atoms with Gasteiger partial charge < -0.3 is 4.74 Å². The molecule has 1 aromatic carbocycles. The Bertz CT molecular complexity index is 528. The number of piperidine rings is 1. The van der Waals surface area contributed by atoms with Crippen molar-refractivity contribution in [2.24, 2.45) is 0 Å². The molecule has 0 amide bonds. The molecule has 0 bridgehead atoms. The molecule has 0 aliphatic carbocycles. The van der Waals surface area contributed by atoms with E-state index in [2.05, 4.69) is 30.0 Å². The molecule has 106 valence electrons. The number of hydrogen-bond donors (Lipinski definition) is 0. The van der Waals surface area contributed by atoms with E-state index < -0.39 is 5.54 Å². The lowest BCUT2D eigenvalue weighted by Crippen LogP contribution is -2.47. The van der Waals surface area contributed by atoms with Crippen molar-refractivity contribution in [1.29, 1.82) is 5.26 Å². The Labute approximate surface area is 121 Å². The lowest BCUT2D eigenvalue weighted by Gasteiger charge is -2.41. The second kappa shape index (κ2) is 5.46. The van der Waals surface area contributed by atoms with Crippen molar-refractivity contribution < 1.29 is 4.74 Å². The van der Waals surface area contributed by atoms with Crippen molar-refractivity contribution in [3.8, 4) is 11.8 Å². The number of rotatable bonds is 1. The van der Waals surface area contributed by atoms with Crippen LogP contribution in [0.4, 0.5) is 0 Å². The van der Waals surface area contributed by atoms with E-state index in [1.165, 1.54) is 24.8 Å². The van der Waals surface area contributed by atoms with Gasteiger partial charge in [-0.05, 0) is 57.8 Å². The Kier molecular flexibility index (Phi) is 3.67. The Morgan fingerprint density at radius 1 is 1.20 bits per heavy atom. The predicted octanol–water partition coefficient (Wildman–Crippen LogP) is 3.37. The molecule has 2 aliphatic heterocycles. The lowest BCUT2D eigenvalue weighted by atomic mass is 9.83. The van der Waals surface area contributed by atoms with Crippen LogP contribution in [0.2, 0.25) is 0 Å². The van der Waals surface area contributed by atoms with E-state index in [-0.39, 0.29) is 0 Å². The molecule has 2 heterocycles. The van der Waals surface area contributed by atoms with Crippen LogP contribution in [-0.2, 0) is 5.54 Å². The van der Waals surface area contributed by atoms with Gasteiger partial charge in [0.25, 0.3) is 0 Å². The summed E-state index contributed by atoms with van der Waals surface area (Å²) in [5.41, 5.74) is 1.79. The minimum Gasteiger partial charge on any atom is -0.493 e. The first-order valence-electron chi connectivity index (χ1n) is 7.66. The van der Waals surface area contributed by atoms with Crippen molar-refractivity contribution >= 4 is 0 Å². The van der Waals surface area contributed by atoms with E-state index >= 15 is 0 Å². The second-order valence-electron chi connectivity index (χ2n) is 5.97. The monoisotopic (exact) mass is 270 g/mol. The van der Waals surface area contributed by atoms with E-state index in [1.807, 2.05) is 6.07 Å². The van der Waals surface area contributed by atoms with Crippen LogP contribution in [0.25, 0.3) is 0 Å². The SMILES string of the molecule is Cc1ccc2c(c1)C(C#N)(N1CCCCC1)CCCO2. The summed E-state index contributed by atoms with van der Waals surface area (Å²) >= 11 is 0. The number of nitriles is 1. The summed E-state index contributed by atoms with van der Waals surface area (Å²) in [6.45, 7) is 4.86. The van der Waals surface area contributed by atoms with E-state index in [0.29, 0.717) is 6.61 Å². The standard InChI is InChI=1S/C17H22N2O/c1-14-6-7-16-15(12-14)17(13-18,8-5-11-20-16)19-9-3-2-4-10-19/h6-7,12H,2-5,8-11H2,1H3. The van der Waals surface area contributed by atoms with Gasteiger partial charge in [-0.2, -0.15) is 5.26 Å². The zero-order valence-electron chi connectivity index (χ0n) is 12.2. The topological polar surface area (TPSA) is 36.3 Å². The summed E-state index contributed by atoms with van der Waals surface area (Å²) in [5, 5.41) is 10.0. The highest BCUT2D eigenvalue weighted by Gasteiger charge is 2.42. The number of benzene rings is 1. The van der Waals surface area contributed by atoms with E-state index in [9.17, 15) is 5.26 Å². The van der Waals surface area contributed by atoms with Gasteiger partial charge >= 0.3 is 0 Å². The minimum atomic E-state index is -0.488. The van der Waals surface area contributed by atoms with E-state index in [0.717, 1.165) is 37.2 Å². The van der Waals surface area contributed by atoms with Crippen molar-refractivity contribution in [1.82, 2.24) is 4.90 Å². The Hall–Kier alpha value is -1.53. The van der Waals surface area contributed by atoms with Gasteiger partial charge in [-0.1, -0.05) is 18.1 Å². The largest absolute Gasteiger partial charge is 0.493 e. The van der Waals surface area contributed by atoms with Crippen LogP contribution in [0.5, 0.6) is 5.75 Å². The molecule has 1 atom stereocenters. The zero-order chi connectivity index (χ0) is 14.0.